The van der Waals surface area contributed by atoms with E-state index >= 15 is 0 Å². The third-order valence-corrected chi connectivity index (χ3v) is 6.61. The summed E-state index contributed by atoms with van der Waals surface area (Å²) in [4.78, 5) is 15.4. The number of aromatic nitrogens is 3. The predicted molar refractivity (Wildman–Crippen MR) is 120 cm³/mol. The number of nitrogens with zero attached hydrogens (tertiary/aromatic N) is 4. The number of anilines is 1. The quantitative estimate of drug-likeness (QED) is 0.629. The molecule has 0 atom stereocenters. The van der Waals surface area contributed by atoms with Gasteiger partial charge < -0.3 is 20.3 Å². The molecule has 0 spiro atoms. The summed E-state index contributed by atoms with van der Waals surface area (Å²) in [5.74, 6) is 0.911. The van der Waals surface area contributed by atoms with Crippen molar-refractivity contribution in [3.05, 3.63) is 23.9 Å². The maximum atomic E-state index is 13.0. The Hall–Kier alpha value is -2.65. The lowest BCUT2D eigenvalue weighted by molar-refractivity contribution is -0.121. The van der Waals surface area contributed by atoms with Gasteiger partial charge in [0.1, 0.15) is 17.2 Å². The van der Waals surface area contributed by atoms with Crippen molar-refractivity contribution in [3.63, 3.8) is 0 Å². The lowest BCUT2D eigenvalue weighted by atomic mass is 9.81. The average Bonchev–Trinajstić information content (AvgIpc) is 3.22. The molecule has 32 heavy (non-hydrogen) atoms. The summed E-state index contributed by atoms with van der Waals surface area (Å²) in [6.07, 6.45) is 5.30. The molecule has 1 aromatic carbocycles. The van der Waals surface area contributed by atoms with Gasteiger partial charge in [0.2, 0.25) is 5.91 Å². The Balaban J connectivity index is 1.39. The van der Waals surface area contributed by atoms with Crippen LogP contribution in [0.2, 0.25) is 0 Å². The first-order chi connectivity index (χ1) is 15.4. The molecule has 9 heteroatoms. The molecule has 0 radical (unpaired) electrons. The molecule has 9 nitrogen and oxygen atoms in total. The molecule has 3 N–H and O–H groups in total. The Morgan fingerprint density at radius 3 is 2.56 bits per heavy atom. The van der Waals surface area contributed by atoms with Crippen molar-refractivity contribution in [1.29, 1.82) is 0 Å². The molecule has 1 aromatic heterocycles. The van der Waals surface area contributed by atoms with Gasteiger partial charge in [0, 0.05) is 31.6 Å². The maximum absolute atomic E-state index is 13.0. The van der Waals surface area contributed by atoms with Crippen LogP contribution >= 0.6 is 0 Å². The smallest absolute Gasteiger partial charge is 0.228 e. The van der Waals surface area contributed by atoms with Crippen LogP contribution in [0.25, 0.3) is 5.69 Å². The maximum Gasteiger partial charge on any atom is 0.228 e. The minimum atomic E-state index is -0.128. The van der Waals surface area contributed by atoms with Crippen molar-refractivity contribution in [2.75, 3.05) is 38.2 Å². The number of rotatable bonds is 6. The van der Waals surface area contributed by atoms with Crippen molar-refractivity contribution in [3.8, 4) is 17.2 Å². The van der Waals surface area contributed by atoms with E-state index < -0.39 is 0 Å². The molecule has 4 rings (SSSR count). The van der Waals surface area contributed by atoms with E-state index in [1.54, 1.807) is 6.07 Å². The van der Waals surface area contributed by atoms with Gasteiger partial charge in [-0.1, -0.05) is 19.1 Å². The van der Waals surface area contributed by atoms with E-state index in [0.717, 1.165) is 58.5 Å². The highest BCUT2D eigenvalue weighted by atomic mass is 16.5. The van der Waals surface area contributed by atoms with Crippen LogP contribution in [0.15, 0.2) is 18.3 Å². The van der Waals surface area contributed by atoms with E-state index in [1.807, 2.05) is 13.8 Å². The predicted octanol–water partition coefficient (Wildman–Crippen LogP) is 2.88. The number of hydrogen-bond donors (Lipinski definition) is 3. The van der Waals surface area contributed by atoms with Crippen molar-refractivity contribution >= 4 is 11.7 Å². The van der Waals surface area contributed by atoms with Gasteiger partial charge in [-0.05, 0) is 49.1 Å². The van der Waals surface area contributed by atoms with Crippen LogP contribution in [0.3, 0.4) is 0 Å². The van der Waals surface area contributed by atoms with Crippen molar-refractivity contribution in [1.82, 2.24) is 19.9 Å². The number of aromatic hydroxyl groups is 2. The van der Waals surface area contributed by atoms with E-state index in [0.29, 0.717) is 23.0 Å². The summed E-state index contributed by atoms with van der Waals surface area (Å²) >= 11 is 0. The fraction of sp³-hybridized carbons (Fsp3) is 0.609. The molecule has 1 saturated carbocycles. The van der Waals surface area contributed by atoms with E-state index in [2.05, 4.69) is 20.5 Å². The molecule has 2 fully saturated rings. The van der Waals surface area contributed by atoms with Crippen LogP contribution in [0.1, 0.15) is 51.0 Å². The summed E-state index contributed by atoms with van der Waals surface area (Å²) in [6.45, 7) is 8.63. The standard InChI is InChI=1S/C23H33N5O4/c1-15(2)18-11-19(21(30)12-20(18)29)28-22(13-24-26-28)25-23(31)17-5-3-16(4-6-17)14-27-7-9-32-10-8-27/h11-13,15-17,29-30H,3-10,14H2,1-2H3,(H,25,31). The molecule has 0 bridgehead atoms. The van der Waals surface area contributed by atoms with E-state index in [1.165, 1.54) is 16.9 Å². The zero-order valence-corrected chi connectivity index (χ0v) is 18.8. The molecular formula is C23H33N5O4. The minimum Gasteiger partial charge on any atom is -0.508 e. The van der Waals surface area contributed by atoms with Crippen LogP contribution in [0.5, 0.6) is 11.5 Å². The first-order valence-electron chi connectivity index (χ1n) is 11.5. The Kier molecular flexibility index (Phi) is 6.95. The molecule has 1 aliphatic carbocycles. The topological polar surface area (TPSA) is 113 Å². The number of amides is 1. The van der Waals surface area contributed by atoms with Crippen LogP contribution in [-0.4, -0.2) is 68.9 Å². The summed E-state index contributed by atoms with van der Waals surface area (Å²) in [5, 5.41) is 31.4. The van der Waals surface area contributed by atoms with Crippen LogP contribution in [0, 0.1) is 11.8 Å². The lowest BCUT2D eigenvalue weighted by Gasteiger charge is -2.34. The zero-order valence-electron chi connectivity index (χ0n) is 18.8. The van der Waals surface area contributed by atoms with Gasteiger partial charge in [0.25, 0.3) is 0 Å². The number of carbonyl (C=O) groups is 1. The molecular weight excluding hydrogens is 410 g/mol. The Labute approximate surface area is 188 Å². The zero-order chi connectivity index (χ0) is 22.7. The number of phenols is 2. The fourth-order valence-electron chi connectivity index (χ4n) is 4.70. The van der Waals surface area contributed by atoms with E-state index in [4.69, 9.17) is 4.74 Å². The fourth-order valence-corrected chi connectivity index (χ4v) is 4.70. The van der Waals surface area contributed by atoms with E-state index in [9.17, 15) is 15.0 Å². The molecule has 1 amide bonds. The molecule has 2 heterocycles. The van der Waals surface area contributed by atoms with Crippen molar-refractivity contribution in [2.45, 2.75) is 45.4 Å². The second-order valence-electron chi connectivity index (χ2n) is 9.21. The molecule has 1 aliphatic heterocycles. The molecule has 174 valence electrons. The number of hydrogen-bond acceptors (Lipinski definition) is 7. The third-order valence-electron chi connectivity index (χ3n) is 6.61. The van der Waals surface area contributed by atoms with Crippen molar-refractivity contribution < 1.29 is 19.7 Å². The largest absolute Gasteiger partial charge is 0.508 e. The lowest BCUT2D eigenvalue weighted by Crippen LogP contribution is -2.40. The Morgan fingerprint density at radius 2 is 1.88 bits per heavy atom. The van der Waals surface area contributed by atoms with Crippen LogP contribution in [-0.2, 0) is 9.53 Å². The average molecular weight is 444 g/mol. The molecule has 2 aromatic rings. The van der Waals surface area contributed by atoms with Crippen LogP contribution < -0.4 is 5.32 Å². The minimum absolute atomic E-state index is 0.0285. The van der Waals surface area contributed by atoms with Crippen molar-refractivity contribution in [2.24, 2.45) is 11.8 Å². The number of benzene rings is 1. The first-order valence-corrected chi connectivity index (χ1v) is 11.5. The number of carbonyl (C=O) groups excluding carboxylic acids is 1. The van der Waals surface area contributed by atoms with Gasteiger partial charge >= 0.3 is 0 Å². The van der Waals surface area contributed by atoms with Gasteiger partial charge in [0.05, 0.1) is 19.4 Å². The van der Waals surface area contributed by atoms with Gasteiger partial charge in [-0.2, -0.15) is 4.68 Å². The Bertz CT molecular complexity index is 930. The highest BCUT2D eigenvalue weighted by molar-refractivity contribution is 5.92. The highest BCUT2D eigenvalue weighted by Gasteiger charge is 2.28. The van der Waals surface area contributed by atoms with Crippen LogP contribution in [0.4, 0.5) is 5.82 Å². The summed E-state index contributed by atoms with van der Waals surface area (Å²) in [6, 6.07) is 2.98. The number of nitrogens with one attached hydrogen (secondary N) is 1. The van der Waals surface area contributed by atoms with Gasteiger partial charge in [0.15, 0.2) is 5.82 Å². The highest BCUT2D eigenvalue weighted by Crippen LogP contribution is 2.35. The summed E-state index contributed by atoms with van der Waals surface area (Å²) in [7, 11) is 0. The number of morpholine rings is 1. The number of phenolic OH excluding ortho intramolecular Hbond substituents is 2. The normalized spacial score (nSPS) is 22.2. The molecule has 1 saturated heterocycles. The van der Waals surface area contributed by atoms with Gasteiger partial charge in [-0.25, -0.2) is 0 Å². The first kappa shape index (κ1) is 22.5. The SMILES string of the molecule is CC(C)c1cc(-n2nncc2NC(=O)C2CCC(CN3CCOCC3)CC2)c(O)cc1O. The monoisotopic (exact) mass is 443 g/mol. The second-order valence-corrected chi connectivity index (χ2v) is 9.21. The number of ether oxygens (including phenoxy) is 1. The molecule has 2 aliphatic rings. The third kappa shape index (κ3) is 5.05. The Morgan fingerprint density at radius 1 is 1.16 bits per heavy atom. The van der Waals surface area contributed by atoms with E-state index in [-0.39, 0.29) is 29.2 Å². The van der Waals surface area contributed by atoms with Gasteiger partial charge in [-0.15, -0.1) is 5.10 Å². The van der Waals surface area contributed by atoms with Gasteiger partial charge in [-0.3, -0.25) is 9.69 Å². The second kappa shape index (κ2) is 9.87. The summed E-state index contributed by atoms with van der Waals surface area (Å²) in [5.41, 5.74) is 1.05. The summed E-state index contributed by atoms with van der Waals surface area (Å²) < 4.78 is 6.83. The molecule has 0 unspecified atom stereocenters.